The molecule has 1 aromatic heterocycles. The van der Waals surface area contributed by atoms with Crippen LogP contribution in [0, 0.1) is 5.92 Å². The molecule has 0 radical (unpaired) electrons. The maximum absolute atomic E-state index is 13.2. The van der Waals surface area contributed by atoms with Crippen LogP contribution in [0.3, 0.4) is 0 Å². The smallest absolute Gasteiger partial charge is 0.410 e. The van der Waals surface area contributed by atoms with Gasteiger partial charge in [-0.3, -0.25) is 4.79 Å². The van der Waals surface area contributed by atoms with Crippen LogP contribution in [-0.4, -0.2) is 61.5 Å². The summed E-state index contributed by atoms with van der Waals surface area (Å²) in [6, 6.07) is 13.4. The van der Waals surface area contributed by atoms with Gasteiger partial charge in [-0.05, 0) is 68.5 Å². The predicted octanol–water partition coefficient (Wildman–Crippen LogP) is 4.73. The lowest BCUT2D eigenvalue weighted by Gasteiger charge is -2.33. The number of likely N-dealkylation sites (tertiary alicyclic amines) is 1. The second kappa shape index (κ2) is 10.6. The van der Waals surface area contributed by atoms with E-state index in [0.29, 0.717) is 59.5 Å². The third-order valence-corrected chi connectivity index (χ3v) is 8.60. The molecular weight excluding hydrogens is 502 g/mol. The number of H-pyrrole nitrogens is 1. The lowest BCUT2D eigenvalue weighted by molar-refractivity contribution is 0.0643. The summed E-state index contributed by atoms with van der Waals surface area (Å²) in [6.45, 7) is 5.09. The average Bonchev–Trinajstić information content (AvgIpc) is 2.84. The third-order valence-electron chi connectivity index (χ3n) is 6.43. The summed E-state index contributed by atoms with van der Waals surface area (Å²) in [6.07, 6.45) is 0.935. The zero-order chi connectivity index (χ0) is 26.0. The zero-order valence-electron chi connectivity index (χ0n) is 20.5. The van der Waals surface area contributed by atoms with E-state index in [1.807, 2.05) is 13.8 Å². The molecule has 2 aromatic carbocycles. The van der Waals surface area contributed by atoms with Gasteiger partial charge < -0.3 is 14.6 Å². The van der Waals surface area contributed by atoms with E-state index in [0.717, 1.165) is 0 Å². The van der Waals surface area contributed by atoms with Crippen molar-refractivity contribution in [1.29, 1.82) is 0 Å². The number of amides is 1. The standard InChI is InChI=1S/C26H30ClN3O5S/c1-17(2)35-26(32)30-13-11-18(12-14-30)16-29(3)36(33,34)20-9-7-19(8-10-20)24-15-22-21(25(31)28-24)5-4-6-23(22)27/h4-10,15,17-18H,11-14,16H2,1-3H3,(H,28,31). The molecule has 1 N–H and O–H groups in total. The summed E-state index contributed by atoms with van der Waals surface area (Å²) in [7, 11) is -2.12. The van der Waals surface area contributed by atoms with Gasteiger partial charge in [-0.15, -0.1) is 0 Å². The number of aromatic nitrogens is 1. The summed E-state index contributed by atoms with van der Waals surface area (Å²) < 4.78 is 33.0. The van der Waals surface area contributed by atoms with Crippen LogP contribution in [0.1, 0.15) is 26.7 Å². The summed E-state index contributed by atoms with van der Waals surface area (Å²) in [5.74, 6) is 0.152. The van der Waals surface area contributed by atoms with Crippen molar-refractivity contribution in [2.24, 2.45) is 5.92 Å². The van der Waals surface area contributed by atoms with Gasteiger partial charge in [-0.1, -0.05) is 29.8 Å². The minimum atomic E-state index is -3.70. The molecule has 192 valence electrons. The topological polar surface area (TPSA) is 99.8 Å². The lowest BCUT2D eigenvalue weighted by Crippen LogP contribution is -2.42. The van der Waals surface area contributed by atoms with E-state index in [2.05, 4.69) is 4.98 Å². The van der Waals surface area contributed by atoms with Gasteiger partial charge in [0.25, 0.3) is 5.56 Å². The van der Waals surface area contributed by atoms with E-state index in [-0.39, 0.29) is 28.6 Å². The molecule has 1 fully saturated rings. The number of hydrogen-bond acceptors (Lipinski definition) is 5. The molecular formula is C26H30ClN3O5S. The molecule has 1 aliphatic rings. The van der Waals surface area contributed by atoms with E-state index < -0.39 is 10.0 Å². The number of piperidine rings is 1. The Hall–Kier alpha value is -2.88. The van der Waals surface area contributed by atoms with Gasteiger partial charge in [-0.25, -0.2) is 17.5 Å². The van der Waals surface area contributed by atoms with Crippen LogP contribution >= 0.6 is 11.6 Å². The number of hydrogen-bond donors (Lipinski definition) is 1. The molecule has 8 nitrogen and oxygen atoms in total. The number of fused-ring (bicyclic) bond motifs is 1. The third kappa shape index (κ3) is 5.58. The molecule has 4 rings (SSSR count). The quantitative estimate of drug-likeness (QED) is 0.496. The van der Waals surface area contributed by atoms with Gasteiger partial charge in [0, 0.05) is 48.2 Å². The SMILES string of the molecule is CC(C)OC(=O)N1CCC(CN(C)S(=O)(=O)c2ccc(-c3cc4c(Cl)cccc4c(=O)[nH]3)cc2)CC1. The Labute approximate surface area is 215 Å². The number of nitrogens with one attached hydrogen (secondary N) is 1. The molecule has 1 aliphatic heterocycles. The first-order chi connectivity index (χ1) is 17.1. The number of carbonyl (C=O) groups excluding carboxylic acids is 1. The lowest BCUT2D eigenvalue weighted by atomic mass is 9.97. The average molecular weight is 532 g/mol. The van der Waals surface area contributed by atoms with Crippen LogP contribution in [0.15, 0.2) is 58.2 Å². The Bertz CT molecular complexity index is 1410. The number of nitrogens with zero attached hydrogens (tertiary/aromatic N) is 2. The first-order valence-electron chi connectivity index (χ1n) is 11.9. The van der Waals surface area contributed by atoms with Crippen molar-refractivity contribution in [3.8, 4) is 11.3 Å². The normalized spacial score (nSPS) is 15.1. The molecule has 1 amide bonds. The Morgan fingerprint density at radius 3 is 2.44 bits per heavy atom. The van der Waals surface area contributed by atoms with Gasteiger partial charge in [0.1, 0.15) is 0 Å². The van der Waals surface area contributed by atoms with Crippen LogP contribution in [-0.2, 0) is 14.8 Å². The molecule has 1 saturated heterocycles. The van der Waals surface area contributed by atoms with Gasteiger partial charge in [0.2, 0.25) is 10.0 Å². The van der Waals surface area contributed by atoms with Crippen molar-refractivity contribution in [3.63, 3.8) is 0 Å². The van der Waals surface area contributed by atoms with Gasteiger partial charge in [-0.2, -0.15) is 0 Å². The molecule has 0 spiro atoms. The van der Waals surface area contributed by atoms with Crippen LogP contribution in [0.4, 0.5) is 4.79 Å². The first-order valence-corrected chi connectivity index (χ1v) is 13.7. The van der Waals surface area contributed by atoms with Crippen molar-refractivity contribution in [2.45, 2.75) is 37.7 Å². The van der Waals surface area contributed by atoms with E-state index in [9.17, 15) is 18.0 Å². The molecule has 0 aliphatic carbocycles. The summed E-state index contributed by atoms with van der Waals surface area (Å²) in [5.41, 5.74) is 0.974. The van der Waals surface area contributed by atoms with Crippen molar-refractivity contribution in [3.05, 3.63) is 63.9 Å². The fraction of sp³-hybridized carbons (Fsp3) is 0.385. The van der Waals surface area contributed by atoms with E-state index >= 15 is 0 Å². The number of carbonyl (C=O) groups is 1. The van der Waals surface area contributed by atoms with Crippen LogP contribution in [0.5, 0.6) is 0 Å². The highest BCUT2D eigenvalue weighted by atomic mass is 35.5. The number of pyridine rings is 1. The first kappa shape index (κ1) is 26.2. The summed E-state index contributed by atoms with van der Waals surface area (Å²) >= 11 is 6.27. The Balaban J connectivity index is 1.44. The fourth-order valence-electron chi connectivity index (χ4n) is 4.43. The molecule has 2 heterocycles. The molecule has 0 unspecified atom stereocenters. The zero-order valence-corrected chi connectivity index (χ0v) is 22.1. The number of ether oxygens (including phenoxy) is 1. The maximum atomic E-state index is 13.2. The molecule has 3 aromatic rings. The molecule has 10 heteroatoms. The highest BCUT2D eigenvalue weighted by molar-refractivity contribution is 7.89. The van der Waals surface area contributed by atoms with E-state index in [1.54, 1.807) is 60.5 Å². The highest BCUT2D eigenvalue weighted by Crippen LogP contribution is 2.27. The van der Waals surface area contributed by atoms with E-state index in [1.165, 1.54) is 4.31 Å². The van der Waals surface area contributed by atoms with Crippen LogP contribution in [0.2, 0.25) is 5.02 Å². The molecule has 0 atom stereocenters. The number of aromatic amines is 1. The number of benzene rings is 2. The van der Waals surface area contributed by atoms with Gasteiger partial charge >= 0.3 is 6.09 Å². The Morgan fingerprint density at radius 1 is 1.14 bits per heavy atom. The van der Waals surface area contributed by atoms with Gasteiger partial charge in [0.15, 0.2) is 0 Å². The second-order valence-corrected chi connectivity index (χ2v) is 11.8. The highest BCUT2D eigenvalue weighted by Gasteiger charge is 2.28. The number of rotatable bonds is 6. The Kier molecular flexibility index (Phi) is 7.73. The van der Waals surface area contributed by atoms with Crippen molar-refractivity contribution in [2.75, 3.05) is 26.7 Å². The van der Waals surface area contributed by atoms with E-state index in [4.69, 9.17) is 16.3 Å². The summed E-state index contributed by atoms with van der Waals surface area (Å²) in [5, 5.41) is 1.61. The monoisotopic (exact) mass is 531 g/mol. The second-order valence-electron chi connectivity index (χ2n) is 9.39. The number of halogens is 1. The molecule has 0 saturated carbocycles. The van der Waals surface area contributed by atoms with Crippen molar-refractivity contribution in [1.82, 2.24) is 14.2 Å². The Morgan fingerprint density at radius 2 is 1.81 bits per heavy atom. The van der Waals surface area contributed by atoms with Gasteiger partial charge in [0.05, 0.1) is 11.0 Å². The van der Waals surface area contributed by atoms with Crippen LogP contribution < -0.4 is 5.56 Å². The maximum Gasteiger partial charge on any atom is 0.410 e. The minimum absolute atomic E-state index is 0.152. The van der Waals surface area contributed by atoms with Crippen molar-refractivity contribution >= 4 is 38.5 Å². The number of sulfonamides is 1. The molecule has 36 heavy (non-hydrogen) atoms. The molecule has 0 bridgehead atoms. The van der Waals surface area contributed by atoms with Crippen LogP contribution in [0.25, 0.3) is 22.0 Å². The largest absolute Gasteiger partial charge is 0.447 e. The predicted molar refractivity (Wildman–Crippen MR) is 141 cm³/mol. The summed E-state index contributed by atoms with van der Waals surface area (Å²) in [4.78, 5) is 29.3. The minimum Gasteiger partial charge on any atom is -0.447 e. The van der Waals surface area contributed by atoms with Crippen molar-refractivity contribution < 1.29 is 17.9 Å². The fourth-order valence-corrected chi connectivity index (χ4v) is 5.91.